The Bertz CT molecular complexity index is 1790. The maximum absolute atomic E-state index is 12.3. The Hall–Kier alpha value is -2.28. The van der Waals surface area contributed by atoms with E-state index >= 15 is 0 Å². The van der Waals surface area contributed by atoms with Gasteiger partial charge in [-0.3, -0.25) is 9.59 Å². The van der Waals surface area contributed by atoms with Gasteiger partial charge >= 0.3 is 11.9 Å². The van der Waals surface area contributed by atoms with Crippen molar-refractivity contribution >= 4 is 11.9 Å². The number of ether oxygens (including phenoxy) is 10. The van der Waals surface area contributed by atoms with Crippen LogP contribution < -0.4 is 0 Å². The van der Waals surface area contributed by atoms with Gasteiger partial charge in [0.1, 0.15) is 24.4 Å². The number of carbonyl (C=O) groups is 2. The average Bonchev–Trinajstić information content (AvgIpc) is 3.47. The molecule has 0 amide bonds. The number of aliphatic hydroxyl groups is 2. The first-order valence-corrected chi connectivity index (χ1v) is 24.4. The van der Waals surface area contributed by atoms with Crippen molar-refractivity contribution in [1.29, 1.82) is 0 Å². The molecule has 15 nitrogen and oxygen atoms in total. The van der Waals surface area contributed by atoms with Crippen LogP contribution in [0.3, 0.4) is 0 Å². The molecule has 10 aliphatic rings. The summed E-state index contributed by atoms with van der Waals surface area (Å²) in [5.74, 6) is -0.943. The molecule has 1 unspecified atom stereocenters. The van der Waals surface area contributed by atoms with Crippen molar-refractivity contribution in [2.45, 2.75) is 251 Å². The Balaban J connectivity index is 0.790. The van der Waals surface area contributed by atoms with E-state index in [1.54, 1.807) is 0 Å². The van der Waals surface area contributed by atoms with Crippen molar-refractivity contribution in [1.82, 2.24) is 0 Å². The van der Waals surface area contributed by atoms with E-state index in [1.807, 2.05) is 0 Å². The molecule has 10 rings (SSSR count). The first-order chi connectivity index (χ1) is 30.7. The minimum atomic E-state index is -1.18. The molecule has 356 valence electrons. The Morgan fingerprint density at radius 1 is 0.719 bits per heavy atom. The van der Waals surface area contributed by atoms with Crippen LogP contribution in [0.5, 0.6) is 0 Å². The van der Waals surface area contributed by atoms with Crippen LogP contribution in [0.15, 0.2) is 36.5 Å². The number of carboxylic acid groups (broad SMARTS) is 1. The summed E-state index contributed by atoms with van der Waals surface area (Å²) < 4.78 is 67.7. The number of rotatable bonds is 5. The van der Waals surface area contributed by atoms with Gasteiger partial charge in [-0.1, -0.05) is 37.8 Å². The number of aliphatic carboxylic acids is 1. The molecule has 8 fully saturated rings. The molecule has 0 aliphatic carbocycles. The van der Waals surface area contributed by atoms with Crippen LogP contribution in [0.4, 0.5) is 0 Å². The van der Waals surface area contributed by atoms with E-state index in [0.29, 0.717) is 56.4 Å². The Kier molecular flexibility index (Phi) is 13.0. The van der Waals surface area contributed by atoms with Gasteiger partial charge in [0.05, 0.1) is 116 Å². The second kappa shape index (κ2) is 18.3. The maximum Gasteiger partial charge on any atom is 0.308 e. The van der Waals surface area contributed by atoms with E-state index in [2.05, 4.69) is 51.7 Å². The Morgan fingerprint density at radius 2 is 1.42 bits per heavy atom. The number of hydrogen-bond donors (Lipinski definition) is 3. The van der Waals surface area contributed by atoms with Gasteiger partial charge in [0.2, 0.25) is 0 Å². The van der Waals surface area contributed by atoms with E-state index in [9.17, 15) is 19.8 Å². The molecular formula is C49H70O15. The lowest BCUT2D eigenvalue weighted by Gasteiger charge is -2.54. The van der Waals surface area contributed by atoms with E-state index in [4.69, 9.17) is 52.5 Å². The molecule has 10 heterocycles. The summed E-state index contributed by atoms with van der Waals surface area (Å²) >= 11 is 0. The molecule has 0 aromatic rings. The van der Waals surface area contributed by atoms with Crippen molar-refractivity contribution in [2.75, 3.05) is 0 Å². The van der Waals surface area contributed by atoms with Crippen molar-refractivity contribution in [3.8, 4) is 0 Å². The third-order valence-electron chi connectivity index (χ3n) is 16.3. The van der Waals surface area contributed by atoms with Crippen molar-refractivity contribution in [3.05, 3.63) is 36.5 Å². The third-order valence-corrected chi connectivity index (χ3v) is 16.3. The highest BCUT2D eigenvalue weighted by Crippen LogP contribution is 2.50. The van der Waals surface area contributed by atoms with Crippen molar-refractivity contribution in [3.63, 3.8) is 0 Å². The van der Waals surface area contributed by atoms with Gasteiger partial charge in [-0.05, 0) is 89.5 Å². The van der Waals surface area contributed by atoms with E-state index < -0.39 is 54.1 Å². The molecule has 0 saturated carbocycles. The molecule has 10 aliphatic heterocycles. The molecule has 0 aromatic carbocycles. The first-order valence-electron chi connectivity index (χ1n) is 24.4. The zero-order valence-corrected chi connectivity index (χ0v) is 37.6. The van der Waals surface area contributed by atoms with Crippen LogP contribution in [0.25, 0.3) is 0 Å². The summed E-state index contributed by atoms with van der Waals surface area (Å²) in [7, 11) is 0. The maximum atomic E-state index is 12.3. The molecule has 0 spiro atoms. The topological polar surface area (TPSA) is 187 Å². The zero-order valence-electron chi connectivity index (χ0n) is 37.6. The van der Waals surface area contributed by atoms with Crippen LogP contribution >= 0.6 is 0 Å². The number of carbonyl (C=O) groups excluding carboxylic acids is 1. The van der Waals surface area contributed by atoms with E-state index in [-0.39, 0.29) is 104 Å². The third kappa shape index (κ3) is 9.31. The highest BCUT2D eigenvalue weighted by molar-refractivity contribution is 5.72. The zero-order chi connectivity index (χ0) is 44.5. The lowest BCUT2D eigenvalue weighted by molar-refractivity contribution is -0.311. The molecule has 3 N–H and O–H groups in total. The smallest absolute Gasteiger partial charge is 0.308 e. The summed E-state index contributed by atoms with van der Waals surface area (Å²) in [5.41, 5.74) is -0.860. The molecule has 8 saturated heterocycles. The SMILES string of the molecule is C=C(C[C@@H]1C[C@H](O)[C@@H]2O[C@@H]3C[C@]4(C)O[C@@H]5CC[C@@H]6O[C@@H]7C/C=C\[C@@H]8O[C@@H]9C[C@@H](C)C[C@@H]%10OC(=O)C[C@@H]%10O[C@H]9C[C@H]8O[C@H]7C/C=C\C[C@H]6O[C@@]5(C)CC[C@H]4O[C@H]3C[C@H]2O1)C(O)CC(=O)O. The predicted molar refractivity (Wildman–Crippen MR) is 227 cm³/mol. The van der Waals surface area contributed by atoms with Crippen LogP contribution in [-0.2, 0) is 57.0 Å². The minimum absolute atomic E-state index is 0.0728. The molecule has 15 heteroatoms. The summed E-state index contributed by atoms with van der Waals surface area (Å²) in [6.45, 7) is 10.4. The average molecular weight is 899 g/mol. The van der Waals surface area contributed by atoms with Crippen molar-refractivity contribution < 1.29 is 72.3 Å². The molecule has 64 heavy (non-hydrogen) atoms. The second-order valence-corrected chi connectivity index (χ2v) is 21.3. The fourth-order valence-electron chi connectivity index (χ4n) is 12.9. The summed E-state index contributed by atoms with van der Waals surface area (Å²) in [6, 6.07) is 0. The van der Waals surface area contributed by atoms with Gasteiger partial charge in [-0.25, -0.2) is 0 Å². The Morgan fingerprint density at radius 3 is 2.23 bits per heavy atom. The second-order valence-electron chi connectivity index (χ2n) is 21.3. The molecular weight excluding hydrogens is 829 g/mol. The lowest BCUT2D eigenvalue weighted by Crippen LogP contribution is -2.64. The Labute approximate surface area is 376 Å². The van der Waals surface area contributed by atoms with E-state index in [1.165, 1.54) is 0 Å². The number of hydrogen-bond acceptors (Lipinski definition) is 14. The number of fused-ring (bicyclic) bond motifs is 9. The number of carboxylic acids is 1. The van der Waals surface area contributed by atoms with Crippen LogP contribution in [0, 0.1) is 5.92 Å². The highest BCUT2D eigenvalue weighted by Gasteiger charge is 2.59. The largest absolute Gasteiger partial charge is 0.481 e. The monoisotopic (exact) mass is 898 g/mol. The fourth-order valence-corrected chi connectivity index (χ4v) is 12.9. The normalized spacial score (nSPS) is 51.6. The van der Waals surface area contributed by atoms with E-state index in [0.717, 1.165) is 38.5 Å². The molecule has 22 atom stereocenters. The lowest BCUT2D eigenvalue weighted by atomic mass is 9.80. The number of aliphatic hydroxyl groups excluding tert-OH is 2. The van der Waals surface area contributed by atoms with Gasteiger partial charge in [-0.2, -0.15) is 0 Å². The van der Waals surface area contributed by atoms with Crippen molar-refractivity contribution in [2.24, 2.45) is 5.92 Å². The number of esters is 1. The summed E-state index contributed by atoms with van der Waals surface area (Å²) in [5, 5.41) is 30.7. The first kappa shape index (κ1) is 45.5. The molecule has 0 radical (unpaired) electrons. The van der Waals surface area contributed by atoms with Gasteiger partial charge < -0.3 is 62.7 Å². The van der Waals surface area contributed by atoms with Crippen LogP contribution in [0.2, 0.25) is 0 Å². The predicted octanol–water partition coefficient (Wildman–Crippen LogP) is 4.95. The summed E-state index contributed by atoms with van der Waals surface area (Å²) in [4.78, 5) is 23.4. The summed E-state index contributed by atoms with van der Waals surface area (Å²) in [6.07, 6.45) is 11.7. The van der Waals surface area contributed by atoms with Crippen LogP contribution in [0.1, 0.15) is 124 Å². The van der Waals surface area contributed by atoms with Crippen LogP contribution in [-0.4, -0.2) is 154 Å². The molecule has 0 bridgehead atoms. The van der Waals surface area contributed by atoms with Gasteiger partial charge in [0.25, 0.3) is 0 Å². The van der Waals surface area contributed by atoms with Gasteiger partial charge in [0.15, 0.2) is 0 Å². The van der Waals surface area contributed by atoms with Gasteiger partial charge in [0, 0.05) is 25.7 Å². The fraction of sp³-hybridized carbons (Fsp3) is 0.837. The standard InChI is InChI=1S/C49H70O15/c1-25-16-35-38(59-40-23-46(54)61-36(40)17-25)21-37-32(58-35)11-7-10-31-30(57-37)8-5-6-9-34-33(56-31)12-13-44-48(3,63-34)15-14-43-49(4,64-44)24-42-39(60-43)22-41-47(62-42)29(51)19-27(55-41)18-26(2)28(50)20-45(52)53/h5-7,11,25,27-44,47,50-51H,2,8-10,12-24H2,1,3-4H3,(H,52,53)/b6-5-,11-7-/t25-,27-,28?,29+,30+,31-,32+,33+,34-,35-,36+,37-,38+,39+,40+,41-,42-,43-,44-,47+,48+,49+/m1/s1. The quantitative estimate of drug-likeness (QED) is 0.248. The highest BCUT2D eigenvalue weighted by atomic mass is 16.6. The van der Waals surface area contributed by atoms with Gasteiger partial charge in [-0.15, -0.1) is 0 Å². The minimum Gasteiger partial charge on any atom is -0.481 e. The molecule has 0 aromatic heterocycles.